The third-order valence-electron chi connectivity index (χ3n) is 5.07. The number of rotatable bonds is 5. The van der Waals surface area contributed by atoms with Crippen LogP contribution in [0.3, 0.4) is 0 Å². The standard InChI is InChI=1S/C23H22N6O/c1-2-4-19(5-3-1)30-22-9-6-17(15-25-22)28-23-20-14-18(29-12-10-24-11-13-29)7-8-21(20)26-16-27-23/h1-9,14-16,24H,10-13H2,(H,26,27,28). The Balaban J connectivity index is 1.37. The Kier molecular flexibility index (Phi) is 5.10. The summed E-state index contributed by atoms with van der Waals surface area (Å²) < 4.78 is 5.76. The topological polar surface area (TPSA) is 75.2 Å². The third-order valence-corrected chi connectivity index (χ3v) is 5.07. The normalized spacial score (nSPS) is 13.9. The van der Waals surface area contributed by atoms with Crippen molar-refractivity contribution in [1.82, 2.24) is 20.3 Å². The first-order valence-electron chi connectivity index (χ1n) is 10.0. The highest BCUT2D eigenvalue weighted by molar-refractivity contribution is 5.93. The van der Waals surface area contributed by atoms with Crippen LogP contribution in [-0.4, -0.2) is 41.1 Å². The van der Waals surface area contributed by atoms with Gasteiger partial charge >= 0.3 is 0 Å². The Bertz CT molecular complexity index is 1130. The molecule has 3 heterocycles. The van der Waals surface area contributed by atoms with Gasteiger partial charge in [0, 0.05) is 43.3 Å². The fourth-order valence-electron chi connectivity index (χ4n) is 3.52. The number of benzene rings is 2. The van der Waals surface area contributed by atoms with E-state index in [9.17, 15) is 0 Å². The molecule has 4 aromatic rings. The van der Waals surface area contributed by atoms with Gasteiger partial charge in [-0.25, -0.2) is 15.0 Å². The summed E-state index contributed by atoms with van der Waals surface area (Å²) in [5.74, 6) is 2.06. The van der Waals surface area contributed by atoms with Gasteiger partial charge < -0.3 is 20.3 Å². The van der Waals surface area contributed by atoms with E-state index in [0.717, 1.165) is 54.3 Å². The van der Waals surface area contributed by atoms with Crippen LogP contribution in [0.2, 0.25) is 0 Å². The second-order valence-corrected chi connectivity index (χ2v) is 7.09. The van der Waals surface area contributed by atoms with Gasteiger partial charge in [0.05, 0.1) is 17.4 Å². The molecule has 7 heteroatoms. The third kappa shape index (κ3) is 4.01. The van der Waals surface area contributed by atoms with Gasteiger partial charge in [-0.05, 0) is 36.4 Å². The van der Waals surface area contributed by atoms with E-state index in [1.165, 1.54) is 5.69 Å². The van der Waals surface area contributed by atoms with Crippen molar-refractivity contribution in [3.63, 3.8) is 0 Å². The summed E-state index contributed by atoms with van der Waals surface area (Å²) in [4.78, 5) is 15.7. The van der Waals surface area contributed by atoms with Gasteiger partial charge in [0.15, 0.2) is 0 Å². The molecule has 0 bridgehead atoms. The molecule has 30 heavy (non-hydrogen) atoms. The van der Waals surface area contributed by atoms with Crippen LogP contribution in [0.25, 0.3) is 10.9 Å². The van der Waals surface area contributed by atoms with Crippen LogP contribution in [0.5, 0.6) is 11.6 Å². The molecule has 5 rings (SSSR count). The number of nitrogens with zero attached hydrogens (tertiary/aromatic N) is 4. The molecule has 7 nitrogen and oxygen atoms in total. The first-order valence-corrected chi connectivity index (χ1v) is 10.0. The molecule has 0 unspecified atom stereocenters. The molecule has 0 radical (unpaired) electrons. The van der Waals surface area contributed by atoms with Gasteiger partial charge in [-0.1, -0.05) is 18.2 Å². The Morgan fingerprint density at radius 1 is 0.900 bits per heavy atom. The van der Waals surface area contributed by atoms with Gasteiger partial charge in [0.2, 0.25) is 5.88 Å². The van der Waals surface area contributed by atoms with Crippen LogP contribution >= 0.6 is 0 Å². The first-order chi connectivity index (χ1) is 14.8. The predicted octanol–water partition coefficient (Wildman–Crippen LogP) is 3.97. The lowest BCUT2D eigenvalue weighted by molar-refractivity contribution is 0.463. The maximum atomic E-state index is 5.76. The zero-order chi connectivity index (χ0) is 20.2. The zero-order valence-electron chi connectivity index (χ0n) is 16.5. The molecule has 2 N–H and O–H groups in total. The molecular formula is C23H22N6O. The highest BCUT2D eigenvalue weighted by Crippen LogP contribution is 2.28. The number of nitrogens with one attached hydrogen (secondary N) is 2. The SMILES string of the molecule is c1ccc(Oc2ccc(Nc3ncnc4ccc(N5CCNCC5)cc34)cn2)cc1. The van der Waals surface area contributed by atoms with Crippen LogP contribution in [0.1, 0.15) is 0 Å². The largest absolute Gasteiger partial charge is 0.439 e. The van der Waals surface area contributed by atoms with E-state index in [-0.39, 0.29) is 0 Å². The van der Waals surface area contributed by atoms with Crippen molar-refractivity contribution in [3.8, 4) is 11.6 Å². The molecule has 0 aliphatic carbocycles. The Morgan fingerprint density at radius 3 is 2.57 bits per heavy atom. The fraction of sp³-hybridized carbons (Fsp3) is 0.174. The van der Waals surface area contributed by atoms with Gasteiger partial charge in [-0.3, -0.25) is 0 Å². The summed E-state index contributed by atoms with van der Waals surface area (Å²) in [6.45, 7) is 3.98. The van der Waals surface area contributed by atoms with Crippen molar-refractivity contribution in [2.75, 3.05) is 36.4 Å². The van der Waals surface area contributed by atoms with Crippen LogP contribution in [0, 0.1) is 0 Å². The van der Waals surface area contributed by atoms with E-state index >= 15 is 0 Å². The number of piperazine rings is 1. The Labute approximate surface area is 174 Å². The molecule has 0 saturated carbocycles. The molecule has 1 saturated heterocycles. The van der Waals surface area contributed by atoms with Crippen molar-refractivity contribution in [3.05, 3.63) is 73.2 Å². The number of ether oxygens (including phenoxy) is 1. The van der Waals surface area contributed by atoms with Crippen molar-refractivity contribution in [1.29, 1.82) is 0 Å². The number of aromatic nitrogens is 3. The summed E-state index contributed by atoms with van der Waals surface area (Å²) in [6, 6.07) is 19.7. The van der Waals surface area contributed by atoms with E-state index in [4.69, 9.17) is 4.74 Å². The van der Waals surface area contributed by atoms with E-state index in [1.807, 2.05) is 42.5 Å². The molecule has 1 aliphatic rings. The molecule has 0 atom stereocenters. The number of hydrogen-bond donors (Lipinski definition) is 2. The highest BCUT2D eigenvalue weighted by atomic mass is 16.5. The second-order valence-electron chi connectivity index (χ2n) is 7.09. The Hall–Kier alpha value is -3.71. The molecule has 0 spiro atoms. The Morgan fingerprint density at radius 2 is 1.77 bits per heavy atom. The molecule has 1 aliphatic heterocycles. The summed E-state index contributed by atoms with van der Waals surface area (Å²) in [5.41, 5.74) is 2.93. The quantitative estimate of drug-likeness (QED) is 0.527. The van der Waals surface area contributed by atoms with E-state index < -0.39 is 0 Å². The molecule has 2 aromatic heterocycles. The van der Waals surface area contributed by atoms with Gasteiger partial charge in [0.25, 0.3) is 0 Å². The maximum absolute atomic E-state index is 5.76. The summed E-state index contributed by atoms with van der Waals surface area (Å²) in [6.07, 6.45) is 3.32. The molecule has 150 valence electrons. The summed E-state index contributed by atoms with van der Waals surface area (Å²) in [5, 5.41) is 7.74. The first kappa shape index (κ1) is 18.3. The average molecular weight is 398 g/mol. The number of fused-ring (bicyclic) bond motifs is 1. The minimum atomic E-state index is 0.542. The van der Waals surface area contributed by atoms with E-state index in [0.29, 0.717) is 5.88 Å². The number of pyridine rings is 1. The minimum Gasteiger partial charge on any atom is -0.439 e. The lowest BCUT2D eigenvalue weighted by Gasteiger charge is -2.29. The van der Waals surface area contributed by atoms with E-state index in [2.05, 4.69) is 48.7 Å². The zero-order valence-corrected chi connectivity index (χ0v) is 16.5. The van der Waals surface area contributed by atoms with Crippen LogP contribution in [0.4, 0.5) is 17.2 Å². The highest BCUT2D eigenvalue weighted by Gasteiger charge is 2.13. The van der Waals surface area contributed by atoms with Crippen molar-refractivity contribution >= 4 is 28.1 Å². The predicted molar refractivity (Wildman–Crippen MR) is 119 cm³/mol. The molecule has 2 aromatic carbocycles. The van der Waals surface area contributed by atoms with Gasteiger partial charge in [-0.15, -0.1) is 0 Å². The van der Waals surface area contributed by atoms with Crippen LogP contribution < -0.4 is 20.3 Å². The minimum absolute atomic E-state index is 0.542. The number of hydrogen-bond acceptors (Lipinski definition) is 7. The molecular weight excluding hydrogens is 376 g/mol. The smallest absolute Gasteiger partial charge is 0.219 e. The average Bonchev–Trinajstić information content (AvgIpc) is 2.82. The van der Waals surface area contributed by atoms with Crippen molar-refractivity contribution in [2.24, 2.45) is 0 Å². The lowest BCUT2D eigenvalue weighted by atomic mass is 10.1. The molecule has 1 fully saturated rings. The monoisotopic (exact) mass is 398 g/mol. The lowest BCUT2D eigenvalue weighted by Crippen LogP contribution is -2.43. The van der Waals surface area contributed by atoms with E-state index in [1.54, 1.807) is 12.5 Å². The summed E-state index contributed by atoms with van der Waals surface area (Å²) >= 11 is 0. The van der Waals surface area contributed by atoms with Crippen molar-refractivity contribution in [2.45, 2.75) is 0 Å². The molecule has 0 amide bonds. The number of para-hydroxylation sites is 1. The summed E-state index contributed by atoms with van der Waals surface area (Å²) in [7, 11) is 0. The van der Waals surface area contributed by atoms with Gasteiger partial charge in [-0.2, -0.15) is 0 Å². The van der Waals surface area contributed by atoms with Gasteiger partial charge in [0.1, 0.15) is 17.9 Å². The second kappa shape index (κ2) is 8.34. The van der Waals surface area contributed by atoms with Crippen molar-refractivity contribution < 1.29 is 4.74 Å². The fourth-order valence-corrected chi connectivity index (χ4v) is 3.52. The number of anilines is 3. The van der Waals surface area contributed by atoms with Crippen LogP contribution in [0.15, 0.2) is 73.2 Å². The van der Waals surface area contributed by atoms with Crippen LogP contribution in [-0.2, 0) is 0 Å². The maximum Gasteiger partial charge on any atom is 0.219 e.